The van der Waals surface area contributed by atoms with Gasteiger partial charge in [-0.05, 0) is 42.0 Å². The zero-order valence-electron chi connectivity index (χ0n) is 14.8. The van der Waals surface area contributed by atoms with Gasteiger partial charge in [-0.15, -0.1) is 0 Å². The molecular weight excluding hydrogens is 298 g/mol. The molecule has 1 aliphatic carbocycles. The third-order valence-corrected chi connectivity index (χ3v) is 5.25. The number of ether oxygens (including phenoxy) is 1. The predicted octanol–water partition coefficient (Wildman–Crippen LogP) is 5.85. The van der Waals surface area contributed by atoms with E-state index in [1.165, 1.54) is 6.42 Å². The molecule has 128 valence electrons. The molecule has 3 atom stereocenters. The van der Waals surface area contributed by atoms with Gasteiger partial charge in [-0.2, -0.15) is 0 Å². The maximum absolute atomic E-state index is 12.5. The Bertz CT molecular complexity index is 705. The van der Waals surface area contributed by atoms with Crippen LogP contribution in [0.4, 0.5) is 10.5 Å². The van der Waals surface area contributed by atoms with E-state index in [1.54, 1.807) is 0 Å². The van der Waals surface area contributed by atoms with E-state index in [4.69, 9.17) is 4.74 Å². The highest BCUT2D eigenvalue weighted by Gasteiger charge is 2.33. The van der Waals surface area contributed by atoms with Gasteiger partial charge in [0, 0.05) is 5.39 Å². The van der Waals surface area contributed by atoms with Crippen molar-refractivity contribution < 1.29 is 9.53 Å². The summed E-state index contributed by atoms with van der Waals surface area (Å²) >= 11 is 0. The number of benzene rings is 2. The molecule has 1 amide bonds. The SMILES string of the molecule is CC(C)[C@@H]1CC[C@@H](C)C[C@H]1OC(=O)Nc1cccc2ccccc12. The summed E-state index contributed by atoms with van der Waals surface area (Å²) in [6.45, 7) is 6.69. The average molecular weight is 325 g/mol. The van der Waals surface area contributed by atoms with Crippen LogP contribution in [-0.4, -0.2) is 12.2 Å². The minimum Gasteiger partial charge on any atom is -0.446 e. The largest absolute Gasteiger partial charge is 0.446 e. The first-order valence-corrected chi connectivity index (χ1v) is 9.00. The highest BCUT2D eigenvalue weighted by atomic mass is 16.6. The Morgan fingerprint density at radius 3 is 2.67 bits per heavy atom. The minimum absolute atomic E-state index is 0.0173. The summed E-state index contributed by atoms with van der Waals surface area (Å²) in [5.41, 5.74) is 0.808. The zero-order chi connectivity index (χ0) is 17.1. The molecule has 1 aliphatic rings. The smallest absolute Gasteiger partial charge is 0.411 e. The fourth-order valence-electron chi connectivity index (χ4n) is 3.86. The summed E-state index contributed by atoms with van der Waals surface area (Å²) in [6.07, 6.45) is 3.02. The second-order valence-electron chi connectivity index (χ2n) is 7.42. The summed E-state index contributed by atoms with van der Waals surface area (Å²) < 4.78 is 5.84. The number of carbonyl (C=O) groups excluding carboxylic acids is 1. The summed E-state index contributed by atoms with van der Waals surface area (Å²) in [7, 11) is 0. The molecule has 1 saturated carbocycles. The van der Waals surface area contributed by atoms with Crippen molar-refractivity contribution >= 4 is 22.6 Å². The van der Waals surface area contributed by atoms with Crippen LogP contribution in [0.3, 0.4) is 0 Å². The zero-order valence-corrected chi connectivity index (χ0v) is 14.8. The molecule has 24 heavy (non-hydrogen) atoms. The van der Waals surface area contributed by atoms with Gasteiger partial charge in [0.15, 0.2) is 0 Å². The van der Waals surface area contributed by atoms with Crippen LogP contribution in [0, 0.1) is 17.8 Å². The van der Waals surface area contributed by atoms with Gasteiger partial charge in [-0.1, -0.05) is 63.6 Å². The Hall–Kier alpha value is -2.03. The van der Waals surface area contributed by atoms with E-state index in [2.05, 4.69) is 26.1 Å². The predicted molar refractivity (Wildman–Crippen MR) is 99.2 cm³/mol. The molecule has 3 rings (SSSR count). The van der Waals surface area contributed by atoms with Crippen LogP contribution in [0.15, 0.2) is 42.5 Å². The minimum atomic E-state index is -0.337. The lowest BCUT2D eigenvalue weighted by molar-refractivity contribution is 0.0126. The van der Waals surface area contributed by atoms with Crippen LogP contribution < -0.4 is 5.32 Å². The van der Waals surface area contributed by atoms with Gasteiger partial charge in [0.05, 0.1) is 5.69 Å². The van der Waals surface area contributed by atoms with Crippen molar-refractivity contribution in [2.24, 2.45) is 17.8 Å². The van der Waals surface area contributed by atoms with E-state index in [9.17, 15) is 4.79 Å². The number of rotatable bonds is 3. The van der Waals surface area contributed by atoms with Crippen LogP contribution in [0.2, 0.25) is 0 Å². The highest BCUT2D eigenvalue weighted by Crippen LogP contribution is 2.35. The molecule has 0 heterocycles. The van der Waals surface area contributed by atoms with E-state index in [-0.39, 0.29) is 12.2 Å². The molecule has 2 aromatic rings. The number of carbonyl (C=O) groups is 1. The molecule has 2 aromatic carbocycles. The lowest BCUT2D eigenvalue weighted by Gasteiger charge is -2.36. The molecule has 3 heteroatoms. The number of anilines is 1. The summed E-state index contributed by atoms with van der Waals surface area (Å²) in [5, 5.41) is 5.09. The molecule has 0 bridgehead atoms. The first kappa shape index (κ1) is 16.8. The van der Waals surface area contributed by atoms with Crippen molar-refractivity contribution in [3.63, 3.8) is 0 Å². The molecule has 1 N–H and O–H groups in total. The summed E-state index contributed by atoms with van der Waals surface area (Å²) in [4.78, 5) is 12.5. The van der Waals surface area contributed by atoms with Crippen molar-refractivity contribution in [2.75, 3.05) is 5.32 Å². The van der Waals surface area contributed by atoms with Gasteiger partial charge < -0.3 is 4.74 Å². The third-order valence-electron chi connectivity index (χ3n) is 5.25. The number of fused-ring (bicyclic) bond motifs is 1. The Morgan fingerprint density at radius 1 is 1.12 bits per heavy atom. The Labute approximate surface area is 144 Å². The molecule has 1 fully saturated rings. The summed E-state index contributed by atoms with van der Waals surface area (Å²) in [6, 6.07) is 14.0. The second kappa shape index (κ2) is 7.25. The van der Waals surface area contributed by atoms with Crippen molar-refractivity contribution in [3.8, 4) is 0 Å². The van der Waals surface area contributed by atoms with Crippen molar-refractivity contribution in [2.45, 2.75) is 46.1 Å². The number of hydrogen-bond donors (Lipinski definition) is 1. The monoisotopic (exact) mass is 325 g/mol. The Kier molecular flexibility index (Phi) is 5.08. The maximum Gasteiger partial charge on any atom is 0.411 e. The number of amides is 1. The Balaban J connectivity index is 1.72. The average Bonchev–Trinajstić information content (AvgIpc) is 2.55. The van der Waals surface area contributed by atoms with Crippen LogP contribution in [-0.2, 0) is 4.74 Å². The Morgan fingerprint density at radius 2 is 1.88 bits per heavy atom. The van der Waals surface area contributed by atoms with Crippen molar-refractivity contribution in [1.82, 2.24) is 0 Å². The molecule has 0 aliphatic heterocycles. The fourth-order valence-corrected chi connectivity index (χ4v) is 3.86. The van der Waals surface area contributed by atoms with E-state index < -0.39 is 0 Å². The maximum atomic E-state index is 12.5. The first-order valence-electron chi connectivity index (χ1n) is 9.00. The highest BCUT2D eigenvalue weighted by molar-refractivity contribution is 6.00. The summed E-state index contributed by atoms with van der Waals surface area (Å²) in [5.74, 6) is 1.61. The number of hydrogen-bond acceptors (Lipinski definition) is 2. The first-order chi connectivity index (χ1) is 11.5. The van der Waals surface area contributed by atoms with Crippen molar-refractivity contribution in [3.05, 3.63) is 42.5 Å². The van der Waals surface area contributed by atoms with Crippen LogP contribution >= 0.6 is 0 Å². The normalized spacial score (nSPS) is 24.1. The lowest BCUT2D eigenvalue weighted by Crippen LogP contribution is -2.36. The van der Waals surface area contributed by atoms with Crippen LogP contribution in [0.1, 0.15) is 40.0 Å². The topological polar surface area (TPSA) is 38.3 Å². The lowest BCUT2D eigenvalue weighted by atomic mass is 9.75. The molecule has 0 saturated heterocycles. The van der Waals surface area contributed by atoms with Gasteiger partial charge in [-0.25, -0.2) is 4.79 Å². The van der Waals surface area contributed by atoms with Gasteiger partial charge in [0.1, 0.15) is 6.10 Å². The van der Waals surface area contributed by atoms with E-state index >= 15 is 0 Å². The van der Waals surface area contributed by atoms with Gasteiger partial charge in [0.2, 0.25) is 0 Å². The fraction of sp³-hybridized carbons (Fsp3) is 0.476. The van der Waals surface area contributed by atoms with Gasteiger partial charge >= 0.3 is 6.09 Å². The van der Waals surface area contributed by atoms with E-state index in [0.717, 1.165) is 29.3 Å². The molecule has 0 radical (unpaired) electrons. The third kappa shape index (κ3) is 3.72. The molecule has 0 spiro atoms. The molecule has 3 nitrogen and oxygen atoms in total. The van der Waals surface area contributed by atoms with Crippen LogP contribution in [0.25, 0.3) is 10.8 Å². The standard InChI is InChI=1S/C21H27NO2/c1-14(2)17-12-11-15(3)13-20(17)24-21(23)22-19-10-6-8-16-7-4-5-9-18(16)19/h4-10,14-15,17,20H,11-13H2,1-3H3,(H,22,23)/t15-,17+,20-/m1/s1. The van der Waals surface area contributed by atoms with Crippen molar-refractivity contribution in [1.29, 1.82) is 0 Å². The quantitative estimate of drug-likeness (QED) is 0.768. The molecule has 0 aromatic heterocycles. The van der Waals surface area contributed by atoms with Gasteiger partial charge in [0.25, 0.3) is 0 Å². The molecule has 0 unspecified atom stereocenters. The number of nitrogens with one attached hydrogen (secondary N) is 1. The van der Waals surface area contributed by atoms with E-state index in [1.807, 2.05) is 42.5 Å². The molecular formula is C21H27NO2. The van der Waals surface area contributed by atoms with Gasteiger partial charge in [-0.3, -0.25) is 5.32 Å². The second-order valence-corrected chi connectivity index (χ2v) is 7.42. The van der Waals surface area contributed by atoms with Crippen LogP contribution in [0.5, 0.6) is 0 Å². The van der Waals surface area contributed by atoms with E-state index in [0.29, 0.717) is 17.8 Å².